The second kappa shape index (κ2) is 7.25. The molecule has 0 saturated heterocycles. The number of aromatic nitrogens is 1. The molecule has 1 amide bonds. The van der Waals surface area contributed by atoms with E-state index in [1.165, 1.54) is 0 Å². The Morgan fingerprint density at radius 3 is 2.38 bits per heavy atom. The average Bonchev–Trinajstić information content (AvgIpc) is 3.17. The summed E-state index contributed by atoms with van der Waals surface area (Å²) in [5.74, 6) is -1.02. The first-order valence-electron chi connectivity index (χ1n) is 7.43. The monoisotopic (exact) mass is 339 g/mol. The van der Waals surface area contributed by atoms with Crippen LogP contribution in [0.25, 0.3) is 0 Å². The number of anilines is 2. The lowest BCUT2D eigenvalue weighted by Gasteiger charge is -2.19. The molecule has 6 heteroatoms. The third-order valence-electron chi connectivity index (χ3n) is 3.83. The first kappa shape index (κ1) is 16.2. The van der Waals surface area contributed by atoms with E-state index in [-0.39, 0.29) is 0 Å². The van der Waals surface area contributed by atoms with Crippen LogP contribution in [0.1, 0.15) is 17.0 Å². The standard InChI is InChI=1S/C18H17N3O2S/c1-21(18-19-11-12-24-18)15-9-7-14(8-10-15)16(17(22)20-23)13-5-3-2-4-6-13/h2-12,16,23H,1H3,(H,20,22). The molecule has 0 radical (unpaired) electrons. The van der Waals surface area contributed by atoms with Crippen LogP contribution in [0.15, 0.2) is 66.2 Å². The van der Waals surface area contributed by atoms with Crippen molar-refractivity contribution in [3.8, 4) is 0 Å². The van der Waals surface area contributed by atoms with Gasteiger partial charge in [-0.05, 0) is 23.3 Å². The second-order valence-electron chi connectivity index (χ2n) is 5.28. The number of hydrogen-bond donors (Lipinski definition) is 2. The number of carbonyl (C=O) groups is 1. The van der Waals surface area contributed by atoms with Gasteiger partial charge in [0.2, 0.25) is 0 Å². The van der Waals surface area contributed by atoms with E-state index in [0.717, 1.165) is 21.9 Å². The zero-order valence-corrected chi connectivity index (χ0v) is 13.9. The Hall–Kier alpha value is -2.70. The van der Waals surface area contributed by atoms with Crippen LogP contribution in [0.3, 0.4) is 0 Å². The van der Waals surface area contributed by atoms with Crippen LogP contribution in [0.5, 0.6) is 0 Å². The fourth-order valence-electron chi connectivity index (χ4n) is 2.59. The third-order valence-corrected chi connectivity index (χ3v) is 4.67. The van der Waals surface area contributed by atoms with Gasteiger partial charge in [0.15, 0.2) is 5.13 Å². The van der Waals surface area contributed by atoms with Crippen molar-refractivity contribution in [2.45, 2.75) is 5.92 Å². The largest absolute Gasteiger partial charge is 0.321 e. The van der Waals surface area contributed by atoms with E-state index in [0.29, 0.717) is 0 Å². The van der Waals surface area contributed by atoms with Crippen LogP contribution in [-0.4, -0.2) is 23.1 Å². The SMILES string of the molecule is CN(c1ccc(C(C(=O)NO)c2ccccc2)cc1)c1nccs1. The summed E-state index contributed by atoms with van der Waals surface area (Å²) < 4.78 is 0. The Morgan fingerprint density at radius 1 is 1.12 bits per heavy atom. The summed E-state index contributed by atoms with van der Waals surface area (Å²) in [7, 11) is 1.95. The summed E-state index contributed by atoms with van der Waals surface area (Å²) in [5, 5.41) is 11.9. The van der Waals surface area contributed by atoms with Crippen molar-refractivity contribution in [2.24, 2.45) is 0 Å². The maximum Gasteiger partial charge on any atom is 0.255 e. The molecule has 1 atom stereocenters. The van der Waals surface area contributed by atoms with Gasteiger partial charge in [-0.15, -0.1) is 11.3 Å². The summed E-state index contributed by atoms with van der Waals surface area (Å²) in [5.41, 5.74) is 4.37. The van der Waals surface area contributed by atoms with Gasteiger partial charge in [0.1, 0.15) is 0 Å². The quantitative estimate of drug-likeness (QED) is 0.551. The first-order valence-corrected chi connectivity index (χ1v) is 8.30. The van der Waals surface area contributed by atoms with Gasteiger partial charge >= 0.3 is 0 Å². The lowest BCUT2D eigenvalue weighted by atomic mass is 9.90. The van der Waals surface area contributed by atoms with E-state index in [1.54, 1.807) is 23.0 Å². The Labute approximate surface area is 144 Å². The minimum atomic E-state index is -0.560. The summed E-state index contributed by atoms with van der Waals surface area (Å²) >= 11 is 1.56. The van der Waals surface area contributed by atoms with Gasteiger partial charge in [-0.1, -0.05) is 42.5 Å². The molecule has 0 aliphatic rings. The van der Waals surface area contributed by atoms with Crippen molar-refractivity contribution < 1.29 is 10.0 Å². The maximum absolute atomic E-state index is 12.1. The molecule has 1 unspecified atom stereocenters. The van der Waals surface area contributed by atoms with E-state index >= 15 is 0 Å². The number of hydroxylamine groups is 1. The lowest BCUT2D eigenvalue weighted by molar-refractivity contribution is -0.129. The van der Waals surface area contributed by atoms with Crippen molar-refractivity contribution in [3.63, 3.8) is 0 Å². The van der Waals surface area contributed by atoms with Crippen molar-refractivity contribution in [1.29, 1.82) is 0 Å². The van der Waals surface area contributed by atoms with Crippen LogP contribution < -0.4 is 10.4 Å². The number of nitrogens with zero attached hydrogens (tertiary/aromatic N) is 2. The topological polar surface area (TPSA) is 65.5 Å². The van der Waals surface area contributed by atoms with Gasteiger partial charge in [-0.25, -0.2) is 10.5 Å². The highest BCUT2D eigenvalue weighted by Crippen LogP contribution is 2.29. The Balaban J connectivity index is 1.91. The maximum atomic E-state index is 12.1. The highest BCUT2D eigenvalue weighted by atomic mass is 32.1. The zero-order valence-electron chi connectivity index (χ0n) is 13.1. The molecule has 2 aromatic carbocycles. The number of benzene rings is 2. The molecule has 0 spiro atoms. The number of thiazole rings is 1. The van der Waals surface area contributed by atoms with Gasteiger partial charge in [-0.2, -0.15) is 0 Å². The number of carbonyl (C=O) groups excluding carboxylic acids is 1. The van der Waals surface area contributed by atoms with E-state index in [4.69, 9.17) is 5.21 Å². The van der Waals surface area contributed by atoms with Crippen molar-refractivity contribution >= 4 is 28.1 Å². The highest BCUT2D eigenvalue weighted by molar-refractivity contribution is 7.13. The smallest absolute Gasteiger partial charge is 0.255 e. The summed E-state index contributed by atoms with van der Waals surface area (Å²) in [4.78, 5) is 18.4. The van der Waals surface area contributed by atoms with Crippen LogP contribution in [0.2, 0.25) is 0 Å². The molecule has 3 aromatic rings. The number of hydrogen-bond acceptors (Lipinski definition) is 5. The van der Waals surface area contributed by atoms with Crippen LogP contribution in [0, 0.1) is 0 Å². The molecule has 1 heterocycles. The molecule has 24 heavy (non-hydrogen) atoms. The van der Waals surface area contributed by atoms with Crippen molar-refractivity contribution in [1.82, 2.24) is 10.5 Å². The molecule has 1 aromatic heterocycles. The number of rotatable bonds is 5. The highest BCUT2D eigenvalue weighted by Gasteiger charge is 2.22. The molecule has 0 fully saturated rings. The predicted octanol–water partition coefficient (Wildman–Crippen LogP) is 3.55. The van der Waals surface area contributed by atoms with E-state index in [1.807, 2.05) is 71.9 Å². The average molecular weight is 339 g/mol. The molecule has 5 nitrogen and oxygen atoms in total. The normalized spacial score (nSPS) is 11.8. The molecule has 3 rings (SSSR count). The molecule has 0 aliphatic carbocycles. The minimum Gasteiger partial charge on any atom is -0.321 e. The predicted molar refractivity (Wildman–Crippen MR) is 94.8 cm³/mol. The van der Waals surface area contributed by atoms with E-state index in [2.05, 4.69) is 4.98 Å². The first-order chi connectivity index (χ1) is 11.7. The zero-order chi connectivity index (χ0) is 16.9. The summed E-state index contributed by atoms with van der Waals surface area (Å²) in [6.07, 6.45) is 1.77. The van der Waals surface area contributed by atoms with Crippen LogP contribution >= 0.6 is 11.3 Å². The third kappa shape index (κ3) is 3.29. The van der Waals surface area contributed by atoms with Crippen LogP contribution in [0.4, 0.5) is 10.8 Å². The summed E-state index contributed by atoms with van der Waals surface area (Å²) in [6.45, 7) is 0. The Morgan fingerprint density at radius 2 is 1.79 bits per heavy atom. The number of nitrogens with one attached hydrogen (secondary N) is 1. The Bertz CT molecular complexity index is 789. The van der Waals surface area contributed by atoms with Crippen molar-refractivity contribution in [2.75, 3.05) is 11.9 Å². The second-order valence-corrected chi connectivity index (χ2v) is 6.16. The fraction of sp³-hybridized carbons (Fsp3) is 0.111. The fourth-order valence-corrected chi connectivity index (χ4v) is 3.22. The number of amides is 1. The minimum absolute atomic E-state index is 0.456. The molecular formula is C18H17N3O2S. The van der Waals surface area contributed by atoms with Crippen LogP contribution in [-0.2, 0) is 4.79 Å². The summed E-state index contributed by atoms with van der Waals surface area (Å²) in [6, 6.07) is 17.1. The Kier molecular flexibility index (Phi) is 4.88. The molecule has 0 saturated carbocycles. The molecule has 2 N–H and O–H groups in total. The van der Waals surface area contributed by atoms with Gasteiger partial charge < -0.3 is 4.90 Å². The molecule has 0 aliphatic heterocycles. The van der Waals surface area contributed by atoms with Gasteiger partial charge in [0.05, 0.1) is 5.92 Å². The molecule has 0 bridgehead atoms. The van der Waals surface area contributed by atoms with Gasteiger partial charge in [-0.3, -0.25) is 10.0 Å². The van der Waals surface area contributed by atoms with Gasteiger partial charge in [0, 0.05) is 24.3 Å². The lowest BCUT2D eigenvalue weighted by Crippen LogP contribution is -2.27. The molecule has 122 valence electrons. The molecular weight excluding hydrogens is 322 g/mol. The van der Waals surface area contributed by atoms with Crippen molar-refractivity contribution in [3.05, 3.63) is 77.3 Å². The van der Waals surface area contributed by atoms with E-state index < -0.39 is 11.8 Å². The van der Waals surface area contributed by atoms with Gasteiger partial charge in [0.25, 0.3) is 5.91 Å². The van der Waals surface area contributed by atoms with E-state index in [9.17, 15) is 4.79 Å².